The minimum absolute atomic E-state index is 0.0557. The first-order chi connectivity index (χ1) is 12.0. The first-order valence-corrected chi connectivity index (χ1v) is 9.76. The van der Waals surface area contributed by atoms with Gasteiger partial charge in [0.1, 0.15) is 12.2 Å². The number of nitrogens with zero attached hydrogens (tertiary/aromatic N) is 2. The van der Waals surface area contributed by atoms with E-state index in [-0.39, 0.29) is 18.3 Å². The molecule has 0 aliphatic heterocycles. The smallest absolute Gasteiger partial charge is 0.420 e. The number of para-hydroxylation sites is 2. The molecule has 0 radical (unpaired) electrons. The molecule has 2 aromatic rings. The number of hydrogen-bond donors (Lipinski definition) is 0. The molecule has 1 aromatic heterocycles. The first kappa shape index (κ1) is 17.8. The van der Waals surface area contributed by atoms with Crippen molar-refractivity contribution in [3.63, 3.8) is 0 Å². The molecule has 25 heavy (non-hydrogen) atoms. The lowest BCUT2D eigenvalue weighted by atomic mass is 10.1. The maximum absolute atomic E-state index is 12.8. The van der Waals surface area contributed by atoms with Gasteiger partial charge in [-0.1, -0.05) is 12.1 Å². The minimum Gasteiger partial charge on any atom is -0.457 e. The van der Waals surface area contributed by atoms with Gasteiger partial charge in [0, 0.05) is 0 Å². The molecule has 1 aliphatic carbocycles. The quantitative estimate of drug-likeness (QED) is 0.754. The number of imidazole rings is 1. The molecule has 7 heteroatoms. The van der Waals surface area contributed by atoms with E-state index in [1.54, 1.807) is 0 Å². The Morgan fingerprint density at radius 2 is 2.00 bits per heavy atom. The fourth-order valence-electron chi connectivity index (χ4n) is 3.16. The second-order valence-electron chi connectivity index (χ2n) is 6.47. The Kier molecular flexibility index (Phi) is 5.32. The fraction of sp³-hybridized carbons (Fsp3) is 0.500. The predicted octanol–water partition coefficient (Wildman–Crippen LogP) is 3.76. The molecular weight excluding hydrogens is 340 g/mol. The summed E-state index contributed by atoms with van der Waals surface area (Å²) in [6, 6.07) is 7.33. The van der Waals surface area contributed by atoms with E-state index in [2.05, 4.69) is 4.98 Å². The number of fused-ring (bicyclic) bond motifs is 1. The van der Waals surface area contributed by atoms with Gasteiger partial charge >= 0.3 is 12.1 Å². The zero-order chi connectivity index (χ0) is 17.9. The van der Waals surface area contributed by atoms with Crippen LogP contribution in [0.4, 0.5) is 4.79 Å². The lowest BCUT2D eigenvalue weighted by Crippen LogP contribution is -2.31. The Morgan fingerprint density at radius 1 is 1.28 bits per heavy atom. The molecule has 1 aliphatic rings. The van der Waals surface area contributed by atoms with Gasteiger partial charge in [0.25, 0.3) is 0 Å². The summed E-state index contributed by atoms with van der Waals surface area (Å²) in [5, 5.41) is 0. The van der Waals surface area contributed by atoms with E-state index in [4.69, 9.17) is 9.47 Å². The lowest BCUT2D eigenvalue weighted by Gasteiger charge is -2.24. The average Bonchev–Trinajstić information content (AvgIpc) is 3.16. The minimum atomic E-state index is -0.464. The van der Waals surface area contributed by atoms with E-state index in [0.717, 1.165) is 25.7 Å². The predicted molar refractivity (Wildman–Crippen MR) is 96.7 cm³/mol. The lowest BCUT2D eigenvalue weighted by molar-refractivity contribution is -0.142. The van der Waals surface area contributed by atoms with Crippen molar-refractivity contribution in [3.05, 3.63) is 30.1 Å². The van der Waals surface area contributed by atoms with Crippen LogP contribution in [-0.4, -0.2) is 39.2 Å². The summed E-state index contributed by atoms with van der Waals surface area (Å²) in [4.78, 5) is 28.9. The van der Waals surface area contributed by atoms with Crippen LogP contribution >= 0.6 is 11.8 Å². The molecule has 6 nitrogen and oxygen atoms in total. The topological polar surface area (TPSA) is 70.4 Å². The largest absolute Gasteiger partial charge is 0.457 e. The second kappa shape index (κ2) is 7.47. The molecule has 0 unspecified atom stereocenters. The van der Waals surface area contributed by atoms with Crippen molar-refractivity contribution in [1.82, 2.24) is 9.55 Å². The molecule has 0 amide bonds. The Morgan fingerprint density at radius 3 is 2.72 bits per heavy atom. The van der Waals surface area contributed by atoms with E-state index in [0.29, 0.717) is 16.9 Å². The van der Waals surface area contributed by atoms with Gasteiger partial charge in [-0.25, -0.2) is 14.3 Å². The zero-order valence-electron chi connectivity index (χ0n) is 14.5. The molecule has 1 fully saturated rings. The number of benzene rings is 1. The van der Waals surface area contributed by atoms with Crippen LogP contribution < -0.4 is 0 Å². The van der Waals surface area contributed by atoms with E-state index in [1.807, 2.05) is 37.4 Å². The maximum atomic E-state index is 12.8. The van der Waals surface area contributed by atoms with Crippen LogP contribution in [0.1, 0.15) is 38.4 Å². The Balaban J connectivity index is 1.87. The van der Waals surface area contributed by atoms with Crippen molar-refractivity contribution in [3.8, 4) is 0 Å². The van der Waals surface area contributed by atoms with Crippen LogP contribution in [0.5, 0.6) is 0 Å². The van der Waals surface area contributed by atoms with Crippen LogP contribution in [0, 0.1) is 0 Å². The molecule has 0 spiro atoms. The Bertz CT molecular complexity index is 780. The normalized spacial score (nSPS) is 16.1. The van der Waals surface area contributed by atoms with Gasteiger partial charge in [-0.2, -0.15) is 11.8 Å². The van der Waals surface area contributed by atoms with E-state index in [9.17, 15) is 9.59 Å². The van der Waals surface area contributed by atoms with Crippen LogP contribution in [0.3, 0.4) is 0 Å². The summed E-state index contributed by atoms with van der Waals surface area (Å²) in [7, 11) is 0. The zero-order valence-corrected chi connectivity index (χ0v) is 15.3. The van der Waals surface area contributed by atoms with E-state index in [1.165, 1.54) is 16.3 Å². The number of thioether (sulfide) groups is 1. The van der Waals surface area contributed by atoms with E-state index >= 15 is 0 Å². The SMILES string of the molecule is CSCC(=O)OCc1nc2ccccc2n1C(=O)OC1(C)CCCC1. The molecule has 1 heterocycles. The van der Waals surface area contributed by atoms with Gasteiger partial charge < -0.3 is 9.47 Å². The highest BCUT2D eigenvalue weighted by Gasteiger charge is 2.34. The van der Waals surface area contributed by atoms with Crippen molar-refractivity contribution in [2.75, 3.05) is 12.0 Å². The van der Waals surface area contributed by atoms with Gasteiger partial charge in [-0.3, -0.25) is 4.79 Å². The van der Waals surface area contributed by atoms with Crippen molar-refractivity contribution in [2.45, 2.75) is 44.8 Å². The highest BCUT2D eigenvalue weighted by Crippen LogP contribution is 2.33. The maximum Gasteiger partial charge on any atom is 0.420 e. The fourth-order valence-corrected chi connectivity index (χ4v) is 3.48. The number of aromatic nitrogens is 2. The van der Waals surface area contributed by atoms with Crippen molar-refractivity contribution in [2.24, 2.45) is 0 Å². The van der Waals surface area contributed by atoms with Crippen LogP contribution in [-0.2, 0) is 20.9 Å². The molecular formula is C18H22N2O4S. The van der Waals surface area contributed by atoms with Gasteiger partial charge in [-0.05, 0) is 51.0 Å². The molecule has 0 N–H and O–H groups in total. The van der Waals surface area contributed by atoms with Crippen molar-refractivity contribution >= 4 is 34.9 Å². The molecule has 134 valence electrons. The third-order valence-electron chi connectivity index (χ3n) is 4.43. The molecule has 0 atom stereocenters. The summed E-state index contributed by atoms with van der Waals surface area (Å²) in [5.41, 5.74) is 0.895. The van der Waals surface area contributed by atoms with Gasteiger partial charge in [0.05, 0.1) is 16.8 Å². The summed E-state index contributed by atoms with van der Waals surface area (Å²) in [5.74, 6) is 0.312. The summed E-state index contributed by atoms with van der Waals surface area (Å²) in [6.07, 6.45) is 5.22. The van der Waals surface area contributed by atoms with Crippen molar-refractivity contribution in [1.29, 1.82) is 0 Å². The molecule has 1 aromatic carbocycles. The van der Waals surface area contributed by atoms with Crippen molar-refractivity contribution < 1.29 is 19.1 Å². The molecule has 1 saturated carbocycles. The number of carbonyl (C=O) groups excluding carboxylic acids is 2. The second-order valence-corrected chi connectivity index (χ2v) is 7.34. The summed E-state index contributed by atoms with van der Waals surface area (Å²) >= 11 is 1.39. The third kappa shape index (κ3) is 3.98. The number of rotatable bonds is 5. The summed E-state index contributed by atoms with van der Waals surface area (Å²) in [6.45, 7) is 1.91. The number of hydrogen-bond acceptors (Lipinski definition) is 6. The van der Waals surface area contributed by atoms with Gasteiger partial charge in [0.2, 0.25) is 0 Å². The summed E-state index contributed by atoms with van der Waals surface area (Å²) < 4.78 is 12.4. The Labute approximate surface area is 150 Å². The molecule has 0 saturated heterocycles. The highest BCUT2D eigenvalue weighted by molar-refractivity contribution is 7.99. The highest BCUT2D eigenvalue weighted by atomic mass is 32.2. The number of carbonyl (C=O) groups is 2. The van der Waals surface area contributed by atoms with Crippen LogP contribution in [0.2, 0.25) is 0 Å². The monoisotopic (exact) mass is 362 g/mol. The van der Waals surface area contributed by atoms with Gasteiger partial charge in [-0.15, -0.1) is 0 Å². The number of ether oxygens (including phenoxy) is 2. The van der Waals surface area contributed by atoms with Gasteiger partial charge in [0.15, 0.2) is 5.82 Å². The molecule has 0 bridgehead atoms. The van der Waals surface area contributed by atoms with Crippen LogP contribution in [0.25, 0.3) is 11.0 Å². The molecule has 3 rings (SSSR count). The third-order valence-corrected chi connectivity index (χ3v) is 4.96. The Hall–Kier alpha value is -2.02. The number of esters is 1. The van der Waals surface area contributed by atoms with Crippen LogP contribution in [0.15, 0.2) is 24.3 Å². The average molecular weight is 362 g/mol. The standard InChI is InChI=1S/C18H22N2O4S/c1-18(9-5-6-10-18)24-17(22)20-14-8-4-3-7-13(14)19-15(20)11-23-16(21)12-25-2/h3-4,7-8H,5-6,9-12H2,1-2H3. The van der Waals surface area contributed by atoms with E-state index < -0.39 is 11.7 Å². The first-order valence-electron chi connectivity index (χ1n) is 8.37.